The first kappa shape index (κ1) is 9.98. The van der Waals surface area contributed by atoms with Gasteiger partial charge in [-0.05, 0) is 13.3 Å². The predicted octanol–water partition coefficient (Wildman–Crippen LogP) is 1.31. The molecule has 0 bridgehead atoms. The summed E-state index contributed by atoms with van der Waals surface area (Å²) in [7, 11) is 0. The van der Waals surface area contributed by atoms with E-state index >= 15 is 0 Å². The molecule has 1 heterocycles. The van der Waals surface area contributed by atoms with Gasteiger partial charge in [-0.3, -0.25) is 0 Å². The Balaban J connectivity index is 2.88. The topological polar surface area (TPSA) is 77.3 Å². The SMILES string of the molecule is CCCc1sc(N=C(N)N)nc1C. The monoisotopic (exact) mass is 198 g/mol. The first-order valence-electron chi connectivity index (χ1n) is 4.19. The number of nitrogens with zero attached hydrogens (tertiary/aromatic N) is 2. The number of thiazole rings is 1. The molecule has 0 aliphatic rings. The molecule has 1 aromatic heterocycles. The lowest BCUT2D eigenvalue weighted by Gasteiger charge is -1.90. The summed E-state index contributed by atoms with van der Waals surface area (Å²) in [6.07, 6.45) is 2.16. The number of nitrogens with two attached hydrogens (primary N) is 2. The maximum Gasteiger partial charge on any atom is 0.212 e. The zero-order valence-electron chi connectivity index (χ0n) is 7.87. The van der Waals surface area contributed by atoms with Crippen LogP contribution in [0.5, 0.6) is 0 Å². The molecule has 0 aromatic carbocycles. The minimum absolute atomic E-state index is 0.0665. The van der Waals surface area contributed by atoms with Crippen molar-refractivity contribution in [3.63, 3.8) is 0 Å². The van der Waals surface area contributed by atoms with E-state index in [-0.39, 0.29) is 5.96 Å². The fourth-order valence-corrected chi connectivity index (χ4v) is 2.08. The zero-order valence-corrected chi connectivity index (χ0v) is 8.69. The van der Waals surface area contributed by atoms with Gasteiger partial charge in [-0.2, -0.15) is 4.99 Å². The minimum Gasteiger partial charge on any atom is -0.370 e. The molecule has 0 atom stereocenters. The van der Waals surface area contributed by atoms with E-state index in [4.69, 9.17) is 11.5 Å². The second-order valence-electron chi connectivity index (χ2n) is 2.79. The van der Waals surface area contributed by atoms with Crippen molar-refractivity contribution < 1.29 is 0 Å². The van der Waals surface area contributed by atoms with Gasteiger partial charge in [0, 0.05) is 4.88 Å². The molecular formula is C8H14N4S. The lowest BCUT2D eigenvalue weighted by molar-refractivity contribution is 0.925. The summed E-state index contributed by atoms with van der Waals surface area (Å²) in [6, 6.07) is 0. The molecule has 4 N–H and O–H groups in total. The zero-order chi connectivity index (χ0) is 9.84. The van der Waals surface area contributed by atoms with Gasteiger partial charge in [-0.15, -0.1) is 0 Å². The summed E-state index contributed by atoms with van der Waals surface area (Å²) < 4.78 is 0. The molecule has 13 heavy (non-hydrogen) atoms. The Morgan fingerprint density at radius 1 is 1.54 bits per heavy atom. The van der Waals surface area contributed by atoms with E-state index in [0.29, 0.717) is 5.13 Å². The highest BCUT2D eigenvalue weighted by Crippen LogP contribution is 2.25. The van der Waals surface area contributed by atoms with Crippen molar-refractivity contribution in [2.75, 3.05) is 0 Å². The van der Waals surface area contributed by atoms with Crippen LogP contribution in [0.3, 0.4) is 0 Å². The van der Waals surface area contributed by atoms with Crippen molar-refractivity contribution in [1.29, 1.82) is 0 Å². The standard InChI is InChI=1S/C8H14N4S/c1-3-4-6-5(2)11-8(13-6)12-7(9)10/h3-4H2,1-2H3,(H4,9,10,11,12). The van der Waals surface area contributed by atoms with E-state index in [1.807, 2.05) is 6.92 Å². The lowest BCUT2D eigenvalue weighted by Crippen LogP contribution is -2.21. The number of guanidine groups is 1. The van der Waals surface area contributed by atoms with Crippen LogP contribution in [0.1, 0.15) is 23.9 Å². The molecule has 1 aromatic rings. The molecule has 0 radical (unpaired) electrons. The van der Waals surface area contributed by atoms with Gasteiger partial charge in [0.15, 0.2) is 5.96 Å². The second kappa shape index (κ2) is 4.23. The number of hydrogen-bond donors (Lipinski definition) is 2. The molecule has 0 amide bonds. The Hall–Kier alpha value is -1.10. The quantitative estimate of drug-likeness (QED) is 0.568. The summed E-state index contributed by atoms with van der Waals surface area (Å²) in [4.78, 5) is 9.41. The van der Waals surface area contributed by atoms with Crippen LogP contribution in [0.4, 0.5) is 5.13 Å². The fraction of sp³-hybridized carbons (Fsp3) is 0.500. The van der Waals surface area contributed by atoms with Crippen LogP contribution in [-0.4, -0.2) is 10.9 Å². The normalized spacial score (nSPS) is 10.0. The molecule has 0 unspecified atom stereocenters. The molecule has 5 heteroatoms. The lowest BCUT2D eigenvalue weighted by atomic mass is 10.2. The first-order valence-corrected chi connectivity index (χ1v) is 5.01. The summed E-state index contributed by atoms with van der Waals surface area (Å²) in [5.74, 6) is 0.0665. The van der Waals surface area contributed by atoms with Crippen molar-refractivity contribution >= 4 is 22.4 Å². The van der Waals surface area contributed by atoms with Gasteiger partial charge in [-0.25, -0.2) is 4.98 Å². The Labute approximate surface area is 81.7 Å². The smallest absolute Gasteiger partial charge is 0.212 e. The van der Waals surface area contributed by atoms with Crippen LogP contribution < -0.4 is 11.5 Å². The third-order valence-electron chi connectivity index (χ3n) is 1.58. The Bertz CT molecular complexity index is 312. The number of aliphatic imine (C=N–C) groups is 1. The average molecular weight is 198 g/mol. The summed E-state index contributed by atoms with van der Waals surface area (Å²) in [5.41, 5.74) is 11.5. The number of hydrogen-bond acceptors (Lipinski definition) is 3. The third-order valence-corrected chi connectivity index (χ3v) is 2.69. The van der Waals surface area contributed by atoms with Gasteiger partial charge in [0.25, 0.3) is 0 Å². The van der Waals surface area contributed by atoms with Crippen molar-refractivity contribution in [3.05, 3.63) is 10.6 Å². The number of rotatable bonds is 3. The number of aryl methyl sites for hydroxylation is 2. The van der Waals surface area contributed by atoms with Crippen molar-refractivity contribution in [2.45, 2.75) is 26.7 Å². The maximum atomic E-state index is 5.25. The Kier molecular flexibility index (Phi) is 3.25. The molecule has 0 aliphatic heterocycles. The van der Waals surface area contributed by atoms with E-state index in [0.717, 1.165) is 18.5 Å². The maximum absolute atomic E-state index is 5.25. The van der Waals surface area contributed by atoms with E-state index in [1.54, 1.807) is 11.3 Å². The van der Waals surface area contributed by atoms with Gasteiger partial charge >= 0.3 is 0 Å². The molecule has 0 spiro atoms. The molecule has 0 fully saturated rings. The van der Waals surface area contributed by atoms with Crippen molar-refractivity contribution in [3.8, 4) is 0 Å². The van der Waals surface area contributed by atoms with Crippen molar-refractivity contribution in [2.24, 2.45) is 16.5 Å². The molecule has 0 saturated heterocycles. The molecule has 4 nitrogen and oxygen atoms in total. The molecule has 1 rings (SSSR count). The van der Waals surface area contributed by atoms with E-state index in [1.165, 1.54) is 4.88 Å². The highest BCUT2D eigenvalue weighted by molar-refractivity contribution is 7.15. The van der Waals surface area contributed by atoms with E-state index in [2.05, 4.69) is 16.9 Å². The highest BCUT2D eigenvalue weighted by Gasteiger charge is 2.05. The largest absolute Gasteiger partial charge is 0.370 e. The molecule has 0 aliphatic carbocycles. The van der Waals surface area contributed by atoms with Gasteiger partial charge in [0.1, 0.15) is 0 Å². The first-order chi connectivity index (χ1) is 6.13. The Morgan fingerprint density at radius 3 is 2.77 bits per heavy atom. The van der Waals surface area contributed by atoms with E-state index in [9.17, 15) is 0 Å². The summed E-state index contributed by atoms with van der Waals surface area (Å²) in [5, 5.41) is 0.654. The van der Waals surface area contributed by atoms with Crippen LogP contribution >= 0.6 is 11.3 Å². The molecule has 0 saturated carbocycles. The predicted molar refractivity (Wildman–Crippen MR) is 56.3 cm³/mol. The van der Waals surface area contributed by atoms with Crippen molar-refractivity contribution in [1.82, 2.24) is 4.98 Å². The van der Waals surface area contributed by atoms with Gasteiger partial charge in [0.2, 0.25) is 5.13 Å². The third kappa shape index (κ3) is 2.69. The molecule has 72 valence electrons. The van der Waals surface area contributed by atoms with Gasteiger partial charge in [-0.1, -0.05) is 24.7 Å². The van der Waals surface area contributed by atoms with Crippen LogP contribution in [0.2, 0.25) is 0 Å². The van der Waals surface area contributed by atoms with Gasteiger partial charge < -0.3 is 11.5 Å². The highest BCUT2D eigenvalue weighted by atomic mass is 32.1. The summed E-state index contributed by atoms with van der Waals surface area (Å²) >= 11 is 1.55. The van der Waals surface area contributed by atoms with Crippen LogP contribution in [-0.2, 0) is 6.42 Å². The molecular weight excluding hydrogens is 184 g/mol. The number of aromatic nitrogens is 1. The minimum atomic E-state index is 0.0665. The fourth-order valence-electron chi connectivity index (χ4n) is 1.03. The van der Waals surface area contributed by atoms with E-state index < -0.39 is 0 Å². The Morgan fingerprint density at radius 2 is 2.23 bits per heavy atom. The van der Waals surface area contributed by atoms with Gasteiger partial charge in [0.05, 0.1) is 5.69 Å². The second-order valence-corrected chi connectivity index (χ2v) is 3.85. The summed E-state index contributed by atoms with van der Waals surface area (Å²) in [6.45, 7) is 4.12. The van der Waals surface area contributed by atoms with Crippen LogP contribution in [0, 0.1) is 6.92 Å². The van der Waals surface area contributed by atoms with Crippen LogP contribution in [0.25, 0.3) is 0 Å². The van der Waals surface area contributed by atoms with Crippen LogP contribution in [0.15, 0.2) is 4.99 Å². The average Bonchev–Trinajstić information content (AvgIpc) is 2.31.